The number of aliphatic carboxylic acids is 1. The highest BCUT2D eigenvalue weighted by Crippen LogP contribution is 2.21. The molecule has 166 valence electrons. The Labute approximate surface area is 185 Å². The third kappa shape index (κ3) is 4.74. The number of hydrogen-bond donors (Lipinski definition) is 3. The Morgan fingerprint density at radius 1 is 1.12 bits per heavy atom. The van der Waals surface area contributed by atoms with E-state index in [1.807, 2.05) is 54.6 Å². The van der Waals surface area contributed by atoms with Gasteiger partial charge in [-0.15, -0.1) is 0 Å². The van der Waals surface area contributed by atoms with Crippen LogP contribution in [0.2, 0.25) is 0 Å². The summed E-state index contributed by atoms with van der Waals surface area (Å²) in [4.78, 5) is 41.8. The summed E-state index contributed by atoms with van der Waals surface area (Å²) >= 11 is 0. The van der Waals surface area contributed by atoms with Gasteiger partial charge in [-0.1, -0.05) is 48.5 Å². The first-order chi connectivity index (χ1) is 15.5. The highest BCUT2D eigenvalue weighted by molar-refractivity contribution is 5.90. The van der Waals surface area contributed by atoms with Crippen LogP contribution in [0.1, 0.15) is 24.0 Å². The van der Waals surface area contributed by atoms with Crippen LogP contribution in [0, 0.1) is 0 Å². The second-order valence-electron chi connectivity index (χ2n) is 7.85. The minimum Gasteiger partial charge on any atom is -0.480 e. The zero-order valence-corrected chi connectivity index (χ0v) is 17.5. The molecule has 3 N–H and O–H groups in total. The molecule has 1 aromatic heterocycles. The van der Waals surface area contributed by atoms with Crippen LogP contribution < -0.4 is 5.32 Å². The number of aromatic nitrogens is 1. The first kappa shape index (κ1) is 21.4. The van der Waals surface area contributed by atoms with E-state index in [1.54, 1.807) is 6.20 Å². The molecular weight excluding hydrogens is 410 g/mol. The SMILES string of the molecule is O=C(O)C(Cc1c[nH]c2ccccc12)NC(=O)C1CCCN1C(=O)OCc1ccccc1. The molecule has 3 aromatic rings. The summed E-state index contributed by atoms with van der Waals surface area (Å²) in [6.07, 6.45) is 2.44. The molecule has 1 aliphatic rings. The lowest BCUT2D eigenvalue weighted by molar-refractivity contribution is -0.142. The molecule has 0 spiro atoms. The highest BCUT2D eigenvalue weighted by atomic mass is 16.6. The van der Waals surface area contributed by atoms with Crippen molar-refractivity contribution in [3.8, 4) is 0 Å². The molecule has 1 aliphatic heterocycles. The van der Waals surface area contributed by atoms with Gasteiger partial charge < -0.3 is 20.1 Å². The topological polar surface area (TPSA) is 112 Å². The second kappa shape index (κ2) is 9.55. The van der Waals surface area contributed by atoms with E-state index in [9.17, 15) is 19.5 Å². The first-order valence-electron chi connectivity index (χ1n) is 10.6. The Morgan fingerprint density at radius 2 is 1.88 bits per heavy atom. The normalized spacial score (nSPS) is 16.6. The monoisotopic (exact) mass is 435 g/mol. The molecule has 2 aromatic carbocycles. The molecule has 32 heavy (non-hydrogen) atoms. The van der Waals surface area contributed by atoms with Crippen molar-refractivity contribution in [2.45, 2.75) is 38.0 Å². The third-order valence-corrected chi connectivity index (χ3v) is 5.71. The summed E-state index contributed by atoms with van der Waals surface area (Å²) < 4.78 is 5.36. The number of likely N-dealkylation sites (tertiary alicyclic amines) is 1. The standard InChI is InChI=1S/C24H25N3O5/c28-22(21-11-6-12-27(21)24(31)32-15-16-7-2-1-3-8-16)26-20(23(29)30)13-17-14-25-19-10-5-4-9-18(17)19/h1-5,7-10,14,20-21,25H,6,11-13,15H2,(H,26,28)(H,29,30). The smallest absolute Gasteiger partial charge is 0.410 e. The number of nitrogens with one attached hydrogen (secondary N) is 2. The van der Waals surface area contributed by atoms with Gasteiger partial charge in [0.2, 0.25) is 5.91 Å². The number of ether oxygens (including phenoxy) is 1. The van der Waals surface area contributed by atoms with Crippen LogP contribution in [0.25, 0.3) is 10.9 Å². The number of nitrogens with zero attached hydrogens (tertiary/aromatic N) is 1. The lowest BCUT2D eigenvalue weighted by Gasteiger charge is -2.25. The minimum atomic E-state index is -1.13. The van der Waals surface area contributed by atoms with Crippen molar-refractivity contribution in [2.24, 2.45) is 0 Å². The van der Waals surface area contributed by atoms with Crippen LogP contribution in [0.5, 0.6) is 0 Å². The molecule has 1 fully saturated rings. The van der Waals surface area contributed by atoms with Crippen molar-refractivity contribution >= 4 is 28.9 Å². The van der Waals surface area contributed by atoms with Crippen LogP contribution in [-0.2, 0) is 27.4 Å². The van der Waals surface area contributed by atoms with Crippen LogP contribution in [0.4, 0.5) is 4.79 Å². The Balaban J connectivity index is 1.40. The van der Waals surface area contributed by atoms with Crippen LogP contribution in [0.15, 0.2) is 60.8 Å². The van der Waals surface area contributed by atoms with E-state index >= 15 is 0 Å². The second-order valence-corrected chi connectivity index (χ2v) is 7.85. The van der Waals surface area contributed by atoms with Gasteiger partial charge in [0, 0.05) is 30.1 Å². The molecule has 2 heterocycles. The van der Waals surface area contributed by atoms with Crippen LogP contribution >= 0.6 is 0 Å². The van der Waals surface area contributed by atoms with Gasteiger partial charge in [0.05, 0.1) is 0 Å². The average Bonchev–Trinajstić information content (AvgIpc) is 3.45. The van der Waals surface area contributed by atoms with Crippen molar-refractivity contribution in [3.63, 3.8) is 0 Å². The lowest BCUT2D eigenvalue weighted by Crippen LogP contribution is -2.51. The van der Waals surface area contributed by atoms with Crippen molar-refractivity contribution in [2.75, 3.05) is 6.54 Å². The summed E-state index contributed by atoms with van der Waals surface area (Å²) in [7, 11) is 0. The summed E-state index contributed by atoms with van der Waals surface area (Å²) in [5.41, 5.74) is 2.56. The maximum Gasteiger partial charge on any atom is 0.410 e. The number of carbonyl (C=O) groups excluding carboxylic acids is 2. The van der Waals surface area contributed by atoms with E-state index < -0.39 is 30.1 Å². The number of hydrogen-bond acceptors (Lipinski definition) is 4. The fourth-order valence-corrected chi connectivity index (χ4v) is 4.05. The van der Waals surface area contributed by atoms with E-state index in [-0.39, 0.29) is 13.0 Å². The van der Waals surface area contributed by atoms with E-state index in [1.165, 1.54) is 4.90 Å². The van der Waals surface area contributed by atoms with E-state index in [2.05, 4.69) is 10.3 Å². The largest absolute Gasteiger partial charge is 0.480 e. The van der Waals surface area contributed by atoms with Gasteiger partial charge in [-0.05, 0) is 30.0 Å². The lowest BCUT2D eigenvalue weighted by atomic mass is 10.0. The number of benzene rings is 2. The van der Waals surface area contributed by atoms with E-state index in [0.29, 0.717) is 19.4 Å². The number of carbonyl (C=O) groups is 3. The molecule has 2 amide bonds. The predicted octanol–water partition coefficient (Wildman–Crippen LogP) is 3.08. The van der Waals surface area contributed by atoms with Gasteiger partial charge in [-0.2, -0.15) is 0 Å². The van der Waals surface area contributed by atoms with Crippen molar-refractivity contribution in [1.82, 2.24) is 15.2 Å². The number of H-pyrrole nitrogens is 1. The zero-order chi connectivity index (χ0) is 22.5. The molecule has 0 saturated carbocycles. The van der Waals surface area contributed by atoms with Gasteiger partial charge >= 0.3 is 12.1 Å². The summed E-state index contributed by atoms with van der Waals surface area (Å²) in [5, 5.41) is 13.2. The predicted molar refractivity (Wildman–Crippen MR) is 118 cm³/mol. The van der Waals surface area contributed by atoms with Gasteiger partial charge in [0.25, 0.3) is 0 Å². The molecule has 8 nitrogen and oxygen atoms in total. The molecule has 0 aliphatic carbocycles. The van der Waals surface area contributed by atoms with Crippen LogP contribution in [-0.4, -0.2) is 51.6 Å². The summed E-state index contributed by atoms with van der Waals surface area (Å²) in [6, 6.07) is 15.0. The quantitative estimate of drug-likeness (QED) is 0.528. The maximum atomic E-state index is 12.9. The van der Waals surface area contributed by atoms with Crippen molar-refractivity contribution in [3.05, 3.63) is 71.9 Å². The molecule has 1 saturated heterocycles. The minimum absolute atomic E-state index is 0.114. The summed E-state index contributed by atoms with van der Waals surface area (Å²) in [6.45, 7) is 0.509. The Hall–Kier alpha value is -3.81. The van der Waals surface area contributed by atoms with Gasteiger partial charge in [-0.25, -0.2) is 9.59 Å². The Kier molecular flexibility index (Phi) is 6.39. The average molecular weight is 435 g/mol. The summed E-state index contributed by atoms with van der Waals surface area (Å²) in [5.74, 6) is -1.61. The van der Waals surface area contributed by atoms with E-state index in [4.69, 9.17) is 4.74 Å². The number of carboxylic acids is 1. The number of para-hydroxylation sites is 1. The fourth-order valence-electron chi connectivity index (χ4n) is 4.05. The van der Waals surface area contributed by atoms with Crippen molar-refractivity contribution in [1.29, 1.82) is 0 Å². The number of amides is 2. The van der Waals surface area contributed by atoms with Crippen molar-refractivity contribution < 1.29 is 24.2 Å². The zero-order valence-electron chi connectivity index (χ0n) is 17.5. The van der Waals surface area contributed by atoms with E-state index in [0.717, 1.165) is 22.0 Å². The Bertz CT molecular complexity index is 1110. The van der Waals surface area contributed by atoms with Gasteiger partial charge in [0.1, 0.15) is 18.7 Å². The first-order valence-corrected chi connectivity index (χ1v) is 10.6. The molecule has 8 heteroatoms. The molecule has 2 unspecified atom stereocenters. The molecule has 2 atom stereocenters. The third-order valence-electron chi connectivity index (χ3n) is 5.71. The van der Waals surface area contributed by atoms with Crippen LogP contribution in [0.3, 0.4) is 0 Å². The number of aromatic amines is 1. The van der Waals surface area contributed by atoms with Gasteiger partial charge in [0.15, 0.2) is 0 Å². The number of fused-ring (bicyclic) bond motifs is 1. The molecule has 0 radical (unpaired) electrons. The highest BCUT2D eigenvalue weighted by Gasteiger charge is 2.37. The fraction of sp³-hybridized carbons (Fsp3) is 0.292. The number of carboxylic acid groups (broad SMARTS) is 1. The molecule has 0 bridgehead atoms. The number of rotatable bonds is 7. The van der Waals surface area contributed by atoms with Gasteiger partial charge in [-0.3, -0.25) is 9.69 Å². The Morgan fingerprint density at radius 3 is 2.66 bits per heavy atom. The maximum absolute atomic E-state index is 12.9. The molecule has 4 rings (SSSR count). The molecular formula is C24H25N3O5.